The molecular weight excluding hydrogens is 422 g/mol. The SMILES string of the molecule is COCCn1cnc2cc(N3CCN(C(=O)NC4CCS(=O)(=O)C4)CC3)ccc2c1=O. The van der Waals surface area contributed by atoms with E-state index in [1.807, 2.05) is 12.1 Å². The van der Waals surface area contributed by atoms with E-state index in [1.54, 1.807) is 29.0 Å². The van der Waals surface area contributed by atoms with Crippen LogP contribution in [0.15, 0.2) is 29.3 Å². The predicted octanol–water partition coefficient (Wildman–Crippen LogP) is 0.0616. The molecule has 11 heteroatoms. The number of carbonyl (C=O) groups is 1. The third-order valence-electron chi connectivity index (χ3n) is 5.84. The molecule has 168 valence electrons. The summed E-state index contributed by atoms with van der Waals surface area (Å²) in [5, 5.41) is 3.40. The standard InChI is InChI=1S/C20H27N5O5S/c1-30-10-9-25-14-21-18-12-16(2-3-17(18)19(25)26)23-5-7-24(8-6-23)20(27)22-15-4-11-31(28,29)13-15/h2-3,12,14-15H,4-11,13H2,1H3,(H,22,27). The van der Waals surface area contributed by atoms with Gasteiger partial charge in [0.1, 0.15) is 0 Å². The van der Waals surface area contributed by atoms with Crippen LogP contribution < -0.4 is 15.8 Å². The minimum atomic E-state index is -3.02. The maximum Gasteiger partial charge on any atom is 0.317 e. The van der Waals surface area contributed by atoms with Crippen LogP contribution in [0.3, 0.4) is 0 Å². The van der Waals surface area contributed by atoms with Gasteiger partial charge in [0.2, 0.25) is 0 Å². The number of carbonyl (C=O) groups excluding carboxylic acids is 1. The number of hydrogen-bond acceptors (Lipinski definition) is 7. The number of aromatic nitrogens is 2. The van der Waals surface area contributed by atoms with Crippen molar-refractivity contribution in [1.29, 1.82) is 0 Å². The summed E-state index contributed by atoms with van der Waals surface area (Å²) in [6.45, 7) is 3.26. The van der Waals surface area contributed by atoms with Gasteiger partial charge >= 0.3 is 6.03 Å². The quantitative estimate of drug-likeness (QED) is 0.687. The third-order valence-corrected chi connectivity index (χ3v) is 7.61. The molecule has 2 fully saturated rings. The molecule has 0 radical (unpaired) electrons. The Morgan fingerprint density at radius 1 is 1.26 bits per heavy atom. The molecule has 0 saturated carbocycles. The summed E-state index contributed by atoms with van der Waals surface area (Å²) in [6, 6.07) is 5.10. The van der Waals surface area contributed by atoms with E-state index < -0.39 is 9.84 Å². The van der Waals surface area contributed by atoms with Crippen LogP contribution in [-0.4, -0.2) is 86.3 Å². The van der Waals surface area contributed by atoms with Crippen molar-refractivity contribution in [1.82, 2.24) is 19.8 Å². The first-order valence-corrected chi connectivity index (χ1v) is 12.2. The van der Waals surface area contributed by atoms with Gasteiger partial charge in [0, 0.05) is 45.0 Å². The first-order chi connectivity index (χ1) is 14.9. The summed E-state index contributed by atoms with van der Waals surface area (Å²) in [5.41, 5.74) is 1.50. The highest BCUT2D eigenvalue weighted by molar-refractivity contribution is 7.91. The molecule has 0 bridgehead atoms. The van der Waals surface area contributed by atoms with Crippen molar-refractivity contribution in [3.63, 3.8) is 0 Å². The molecule has 1 aromatic carbocycles. The number of nitrogens with zero attached hydrogens (tertiary/aromatic N) is 4. The first kappa shape index (κ1) is 21.6. The third kappa shape index (κ3) is 4.82. The molecule has 2 amide bonds. The van der Waals surface area contributed by atoms with Crippen LogP contribution in [0.4, 0.5) is 10.5 Å². The molecule has 2 aromatic rings. The van der Waals surface area contributed by atoms with Gasteiger partial charge in [-0.1, -0.05) is 0 Å². The smallest absolute Gasteiger partial charge is 0.317 e. The molecule has 4 rings (SSSR count). The summed E-state index contributed by atoms with van der Waals surface area (Å²) in [6.07, 6.45) is 2.02. The number of benzene rings is 1. The van der Waals surface area contributed by atoms with Gasteiger partial charge in [0.05, 0.1) is 41.9 Å². The Morgan fingerprint density at radius 3 is 2.71 bits per heavy atom. The maximum absolute atomic E-state index is 12.6. The zero-order chi connectivity index (χ0) is 22.0. The van der Waals surface area contributed by atoms with E-state index in [4.69, 9.17) is 4.74 Å². The fraction of sp³-hybridized carbons (Fsp3) is 0.550. The second-order valence-corrected chi connectivity index (χ2v) is 10.2. The lowest BCUT2D eigenvalue weighted by atomic mass is 10.2. The van der Waals surface area contributed by atoms with Crippen LogP contribution in [0.1, 0.15) is 6.42 Å². The van der Waals surface area contributed by atoms with Crippen LogP contribution in [0.5, 0.6) is 0 Å². The Bertz CT molecular complexity index is 1120. The Balaban J connectivity index is 1.38. The summed E-state index contributed by atoms with van der Waals surface area (Å²) >= 11 is 0. The average Bonchev–Trinajstić information content (AvgIpc) is 3.11. The largest absolute Gasteiger partial charge is 0.383 e. The van der Waals surface area contributed by atoms with Crippen molar-refractivity contribution in [3.8, 4) is 0 Å². The number of nitrogens with one attached hydrogen (secondary N) is 1. The number of hydrogen-bond donors (Lipinski definition) is 1. The lowest BCUT2D eigenvalue weighted by molar-refractivity contribution is 0.186. The van der Waals surface area contributed by atoms with Gasteiger partial charge in [-0.25, -0.2) is 18.2 Å². The highest BCUT2D eigenvalue weighted by Crippen LogP contribution is 2.21. The Labute approximate surface area is 180 Å². The molecule has 3 heterocycles. The molecular formula is C20H27N5O5S. The van der Waals surface area contributed by atoms with Crippen molar-refractivity contribution in [3.05, 3.63) is 34.9 Å². The van der Waals surface area contributed by atoms with Crippen LogP contribution in [0, 0.1) is 0 Å². The van der Waals surface area contributed by atoms with Crippen LogP contribution >= 0.6 is 0 Å². The number of sulfone groups is 1. The van der Waals surface area contributed by atoms with Crippen molar-refractivity contribution >= 4 is 32.5 Å². The molecule has 2 aliphatic heterocycles. The molecule has 1 aromatic heterocycles. The van der Waals surface area contributed by atoms with E-state index in [1.165, 1.54) is 0 Å². The molecule has 1 atom stereocenters. The van der Waals surface area contributed by atoms with Crippen LogP contribution in [0.2, 0.25) is 0 Å². The normalized spacial score (nSPS) is 20.9. The minimum Gasteiger partial charge on any atom is -0.383 e. The average molecular weight is 450 g/mol. The van der Waals surface area contributed by atoms with Gasteiger partial charge in [-0.15, -0.1) is 0 Å². The second kappa shape index (κ2) is 8.83. The second-order valence-electron chi connectivity index (χ2n) is 7.96. The molecule has 0 aliphatic carbocycles. The highest BCUT2D eigenvalue weighted by Gasteiger charge is 2.31. The molecule has 10 nitrogen and oxygen atoms in total. The van der Waals surface area contributed by atoms with Gasteiger partial charge in [-0.3, -0.25) is 9.36 Å². The van der Waals surface area contributed by atoms with E-state index in [-0.39, 0.29) is 29.1 Å². The number of ether oxygens (including phenoxy) is 1. The van der Waals surface area contributed by atoms with Crippen LogP contribution in [-0.2, 0) is 21.1 Å². The van der Waals surface area contributed by atoms with E-state index in [9.17, 15) is 18.0 Å². The summed E-state index contributed by atoms with van der Waals surface area (Å²) in [7, 11) is -1.43. The summed E-state index contributed by atoms with van der Waals surface area (Å²) < 4.78 is 29.7. The maximum atomic E-state index is 12.6. The molecule has 1 N–H and O–H groups in total. The fourth-order valence-electron chi connectivity index (χ4n) is 4.03. The number of fused-ring (bicyclic) bond motifs is 1. The van der Waals surface area contributed by atoms with Gasteiger partial charge in [-0.2, -0.15) is 0 Å². The Kier molecular flexibility index (Phi) is 6.15. The van der Waals surface area contributed by atoms with E-state index >= 15 is 0 Å². The lowest BCUT2D eigenvalue weighted by Crippen LogP contribution is -2.53. The van der Waals surface area contributed by atoms with Gasteiger partial charge < -0.3 is 19.9 Å². The van der Waals surface area contributed by atoms with Crippen molar-refractivity contribution < 1.29 is 17.9 Å². The number of urea groups is 1. The summed E-state index contributed by atoms with van der Waals surface area (Å²) in [5.74, 6) is 0.162. The highest BCUT2D eigenvalue weighted by atomic mass is 32.2. The lowest BCUT2D eigenvalue weighted by Gasteiger charge is -2.36. The number of amides is 2. The zero-order valence-electron chi connectivity index (χ0n) is 17.5. The number of anilines is 1. The fourth-order valence-corrected chi connectivity index (χ4v) is 5.71. The Hall–Kier alpha value is -2.66. The monoisotopic (exact) mass is 449 g/mol. The number of methoxy groups -OCH3 is 1. The first-order valence-electron chi connectivity index (χ1n) is 10.4. The predicted molar refractivity (Wildman–Crippen MR) is 117 cm³/mol. The van der Waals surface area contributed by atoms with Gasteiger partial charge in [-0.05, 0) is 24.6 Å². The van der Waals surface area contributed by atoms with Gasteiger partial charge in [0.25, 0.3) is 5.56 Å². The van der Waals surface area contributed by atoms with Crippen LogP contribution in [0.25, 0.3) is 10.9 Å². The molecule has 31 heavy (non-hydrogen) atoms. The Morgan fingerprint density at radius 2 is 2.03 bits per heavy atom. The van der Waals surface area contributed by atoms with E-state index in [2.05, 4.69) is 15.2 Å². The zero-order valence-corrected chi connectivity index (χ0v) is 18.3. The van der Waals surface area contributed by atoms with E-state index in [0.717, 1.165) is 5.69 Å². The minimum absolute atomic E-state index is 0.0238. The number of rotatable bonds is 5. The van der Waals surface area contributed by atoms with Gasteiger partial charge in [0.15, 0.2) is 9.84 Å². The molecule has 2 saturated heterocycles. The van der Waals surface area contributed by atoms with Crippen molar-refractivity contribution in [2.24, 2.45) is 0 Å². The molecule has 1 unspecified atom stereocenters. The number of piperazine rings is 1. The van der Waals surface area contributed by atoms with Crippen molar-refractivity contribution in [2.75, 3.05) is 56.3 Å². The summed E-state index contributed by atoms with van der Waals surface area (Å²) in [4.78, 5) is 33.4. The van der Waals surface area contributed by atoms with Crippen molar-refractivity contribution in [2.45, 2.75) is 19.0 Å². The molecule has 0 spiro atoms. The topological polar surface area (TPSA) is 114 Å². The molecule has 2 aliphatic rings. The van der Waals surface area contributed by atoms with E-state index in [0.29, 0.717) is 56.7 Å².